The number of rotatable bonds is 6. The number of hydrogen-bond donors (Lipinski definition) is 1. The van der Waals surface area contributed by atoms with Gasteiger partial charge in [0.05, 0.1) is 30.1 Å². The van der Waals surface area contributed by atoms with Crippen LogP contribution in [0.3, 0.4) is 0 Å². The number of para-hydroxylation sites is 1. The zero-order valence-corrected chi connectivity index (χ0v) is 19.2. The van der Waals surface area contributed by atoms with Crippen molar-refractivity contribution < 1.29 is 9.52 Å². The first-order chi connectivity index (χ1) is 16.6. The molecule has 5 rings (SSSR count). The standard InChI is InChI=1S/C27H28N4O3/c1-20-18-24(32)25(27(33)31(20)19-22-10-7-17-34-22)26(23-11-5-6-12-28-23)30-15-13-29(14-16-30)21-8-3-2-4-9-21/h2-12,17-18,26,32H,13-16,19H2,1H3. The average molecular weight is 457 g/mol. The molecule has 1 unspecified atom stereocenters. The molecule has 4 aromatic rings. The number of aryl methyl sites for hydroxylation is 1. The van der Waals surface area contributed by atoms with E-state index in [1.54, 1.807) is 29.2 Å². The van der Waals surface area contributed by atoms with Gasteiger partial charge in [-0.1, -0.05) is 24.3 Å². The van der Waals surface area contributed by atoms with Crippen molar-refractivity contribution in [1.29, 1.82) is 0 Å². The number of furan rings is 1. The van der Waals surface area contributed by atoms with Gasteiger partial charge in [0.2, 0.25) is 0 Å². The van der Waals surface area contributed by atoms with E-state index in [-0.39, 0.29) is 11.3 Å². The van der Waals surface area contributed by atoms with Crippen molar-refractivity contribution in [2.24, 2.45) is 0 Å². The number of anilines is 1. The monoisotopic (exact) mass is 456 g/mol. The molecule has 1 aromatic carbocycles. The Kier molecular flexibility index (Phi) is 6.18. The van der Waals surface area contributed by atoms with E-state index in [2.05, 4.69) is 26.9 Å². The molecule has 1 N–H and O–H groups in total. The van der Waals surface area contributed by atoms with Crippen molar-refractivity contribution in [2.45, 2.75) is 19.5 Å². The quantitative estimate of drug-likeness (QED) is 0.476. The van der Waals surface area contributed by atoms with Crippen LogP contribution >= 0.6 is 0 Å². The molecule has 1 atom stereocenters. The van der Waals surface area contributed by atoms with Crippen LogP contribution in [0.25, 0.3) is 0 Å². The molecule has 0 bridgehead atoms. The van der Waals surface area contributed by atoms with Gasteiger partial charge in [-0.3, -0.25) is 14.7 Å². The zero-order chi connectivity index (χ0) is 23.5. The van der Waals surface area contributed by atoms with Crippen LogP contribution in [0.15, 0.2) is 88.4 Å². The summed E-state index contributed by atoms with van der Waals surface area (Å²) < 4.78 is 7.14. The number of benzene rings is 1. The number of hydrogen-bond acceptors (Lipinski definition) is 6. The van der Waals surface area contributed by atoms with E-state index in [9.17, 15) is 9.90 Å². The highest BCUT2D eigenvalue weighted by Crippen LogP contribution is 2.33. The van der Waals surface area contributed by atoms with Crippen LogP contribution < -0.4 is 10.5 Å². The van der Waals surface area contributed by atoms with Crippen molar-refractivity contribution in [3.8, 4) is 5.75 Å². The summed E-state index contributed by atoms with van der Waals surface area (Å²) in [6.07, 6.45) is 3.33. The lowest BCUT2D eigenvalue weighted by molar-refractivity contribution is 0.204. The Morgan fingerprint density at radius 3 is 2.44 bits per heavy atom. The number of aromatic nitrogens is 2. The van der Waals surface area contributed by atoms with Gasteiger partial charge in [-0.25, -0.2) is 0 Å². The van der Waals surface area contributed by atoms with Crippen LogP contribution in [-0.4, -0.2) is 45.7 Å². The third-order valence-corrected chi connectivity index (χ3v) is 6.46. The molecule has 7 heteroatoms. The Labute approximate surface area is 198 Å². The van der Waals surface area contributed by atoms with Gasteiger partial charge < -0.3 is 19.0 Å². The fraction of sp³-hybridized carbons (Fsp3) is 0.259. The summed E-state index contributed by atoms with van der Waals surface area (Å²) in [5.74, 6) is 0.687. The highest BCUT2D eigenvalue weighted by molar-refractivity contribution is 5.47. The number of piperazine rings is 1. The lowest BCUT2D eigenvalue weighted by atomic mass is 9.99. The Morgan fingerprint density at radius 2 is 1.76 bits per heavy atom. The topological polar surface area (TPSA) is 74.7 Å². The normalized spacial score (nSPS) is 15.4. The molecular weight excluding hydrogens is 428 g/mol. The van der Waals surface area contributed by atoms with Crippen molar-refractivity contribution in [2.75, 3.05) is 31.1 Å². The van der Waals surface area contributed by atoms with Gasteiger partial charge in [0, 0.05) is 43.8 Å². The first kappa shape index (κ1) is 22.0. The van der Waals surface area contributed by atoms with Crippen molar-refractivity contribution in [1.82, 2.24) is 14.5 Å². The summed E-state index contributed by atoms with van der Waals surface area (Å²) in [6.45, 7) is 5.24. The summed E-state index contributed by atoms with van der Waals surface area (Å²) >= 11 is 0. The lowest BCUT2D eigenvalue weighted by Crippen LogP contribution is -2.49. The molecule has 1 aliphatic heterocycles. The smallest absolute Gasteiger partial charge is 0.260 e. The van der Waals surface area contributed by atoms with Crippen LogP contribution in [-0.2, 0) is 6.54 Å². The van der Waals surface area contributed by atoms with Crippen LogP contribution in [0.1, 0.15) is 28.8 Å². The molecule has 0 spiro atoms. The molecule has 34 heavy (non-hydrogen) atoms. The first-order valence-electron chi connectivity index (χ1n) is 11.5. The van der Waals surface area contributed by atoms with Gasteiger partial charge >= 0.3 is 0 Å². The minimum Gasteiger partial charge on any atom is -0.507 e. The van der Waals surface area contributed by atoms with Crippen LogP contribution in [0.5, 0.6) is 5.75 Å². The fourth-order valence-corrected chi connectivity index (χ4v) is 4.71. The van der Waals surface area contributed by atoms with E-state index in [0.717, 1.165) is 31.9 Å². The van der Waals surface area contributed by atoms with E-state index in [1.165, 1.54) is 5.69 Å². The minimum atomic E-state index is -0.449. The van der Waals surface area contributed by atoms with E-state index in [0.29, 0.717) is 23.6 Å². The minimum absolute atomic E-state index is 0.000614. The largest absolute Gasteiger partial charge is 0.507 e. The SMILES string of the molecule is Cc1cc(O)c(C(c2ccccn2)N2CCN(c3ccccc3)CC2)c(=O)n1Cc1ccco1. The average Bonchev–Trinajstić information content (AvgIpc) is 3.39. The van der Waals surface area contributed by atoms with Crippen molar-refractivity contribution >= 4 is 5.69 Å². The third kappa shape index (κ3) is 4.34. The zero-order valence-electron chi connectivity index (χ0n) is 19.2. The molecule has 1 saturated heterocycles. The molecule has 0 amide bonds. The second-order valence-electron chi connectivity index (χ2n) is 8.57. The molecule has 0 saturated carbocycles. The predicted octanol–water partition coefficient (Wildman–Crippen LogP) is 3.81. The molecule has 4 heterocycles. The van der Waals surface area contributed by atoms with E-state index in [1.807, 2.05) is 49.4 Å². The molecular formula is C27H28N4O3. The van der Waals surface area contributed by atoms with E-state index in [4.69, 9.17) is 4.42 Å². The summed E-state index contributed by atoms with van der Waals surface area (Å²) in [4.78, 5) is 22.9. The van der Waals surface area contributed by atoms with Gasteiger partial charge in [0.25, 0.3) is 5.56 Å². The van der Waals surface area contributed by atoms with Crippen LogP contribution in [0, 0.1) is 6.92 Å². The maximum absolute atomic E-state index is 13.8. The second kappa shape index (κ2) is 9.57. The fourth-order valence-electron chi connectivity index (χ4n) is 4.71. The van der Waals surface area contributed by atoms with Crippen LogP contribution in [0.2, 0.25) is 0 Å². The number of aromatic hydroxyl groups is 1. The number of pyridine rings is 2. The Morgan fingerprint density at radius 1 is 1.00 bits per heavy atom. The van der Waals surface area contributed by atoms with E-state index >= 15 is 0 Å². The van der Waals surface area contributed by atoms with Crippen molar-refractivity contribution in [3.63, 3.8) is 0 Å². The number of nitrogens with zero attached hydrogens (tertiary/aromatic N) is 4. The predicted molar refractivity (Wildman–Crippen MR) is 131 cm³/mol. The highest BCUT2D eigenvalue weighted by Gasteiger charge is 2.32. The summed E-state index contributed by atoms with van der Waals surface area (Å²) in [5, 5.41) is 11.0. The molecule has 1 fully saturated rings. The molecule has 0 radical (unpaired) electrons. The molecule has 174 valence electrons. The van der Waals surface area contributed by atoms with Crippen LogP contribution in [0.4, 0.5) is 5.69 Å². The maximum atomic E-state index is 13.8. The van der Waals surface area contributed by atoms with Gasteiger partial charge in [-0.2, -0.15) is 0 Å². The Bertz CT molecular complexity index is 1280. The molecule has 7 nitrogen and oxygen atoms in total. The lowest BCUT2D eigenvalue weighted by Gasteiger charge is -2.40. The van der Waals surface area contributed by atoms with Crippen molar-refractivity contribution in [3.05, 3.63) is 112 Å². The van der Waals surface area contributed by atoms with E-state index < -0.39 is 6.04 Å². The summed E-state index contributed by atoms with van der Waals surface area (Å²) in [6, 6.07) is 20.9. The second-order valence-corrected chi connectivity index (χ2v) is 8.57. The summed E-state index contributed by atoms with van der Waals surface area (Å²) in [5.41, 5.74) is 2.74. The highest BCUT2D eigenvalue weighted by atomic mass is 16.3. The summed E-state index contributed by atoms with van der Waals surface area (Å²) in [7, 11) is 0. The van der Waals surface area contributed by atoms with Gasteiger partial charge in [0.1, 0.15) is 11.5 Å². The third-order valence-electron chi connectivity index (χ3n) is 6.46. The van der Waals surface area contributed by atoms with Gasteiger partial charge in [-0.15, -0.1) is 0 Å². The Hall–Kier alpha value is -3.84. The molecule has 1 aliphatic rings. The molecule has 0 aliphatic carbocycles. The van der Waals surface area contributed by atoms with Gasteiger partial charge in [0.15, 0.2) is 0 Å². The maximum Gasteiger partial charge on any atom is 0.260 e. The Balaban J connectivity index is 1.52. The first-order valence-corrected chi connectivity index (χ1v) is 11.5. The van der Waals surface area contributed by atoms with Gasteiger partial charge in [-0.05, 0) is 49.4 Å². The molecule has 3 aromatic heterocycles.